The topological polar surface area (TPSA) is 188 Å². The Morgan fingerprint density at radius 3 is 2.44 bits per heavy atom. The number of ketones is 2. The highest BCUT2D eigenvalue weighted by atomic mass is 16.5. The Kier molecular flexibility index (Phi) is 7.35. The van der Waals surface area contributed by atoms with Crippen molar-refractivity contribution < 1.29 is 44.3 Å². The van der Waals surface area contributed by atoms with E-state index in [4.69, 9.17) is 10.5 Å². The van der Waals surface area contributed by atoms with Crippen LogP contribution in [0.4, 0.5) is 0 Å². The number of aliphatic hydroxyl groups excluding tert-OH is 2. The number of phenols is 1. The quantitative estimate of drug-likeness (QED) is 0.246. The minimum atomic E-state index is -2.68. The number of primary amides is 1. The van der Waals surface area contributed by atoms with Crippen LogP contribution in [-0.2, 0) is 36.8 Å². The maximum absolute atomic E-state index is 13.8. The molecule has 39 heavy (non-hydrogen) atoms. The lowest BCUT2D eigenvalue weighted by molar-refractivity contribution is -0.153. The van der Waals surface area contributed by atoms with Crippen molar-refractivity contribution in [2.45, 2.75) is 51.2 Å². The number of nitrogens with zero attached hydrogens (tertiary/aromatic N) is 1. The van der Waals surface area contributed by atoms with Crippen molar-refractivity contribution in [1.82, 2.24) is 4.90 Å². The van der Waals surface area contributed by atoms with Crippen LogP contribution in [0.1, 0.15) is 43.4 Å². The van der Waals surface area contributed by atoms with Gasteiger partial charge in [-0.25, -0.2) is 0 Å². The number of likely N-dealkylation sites (N-methyl/N-ethyl adjacent to an activating group) is 1. The van der Waals surface area contributed by atoms with Gasteiger partial charge >= 0.3 is 5.97 Å². The van der Waals surface area contributed by atoms with Crippen molar-refractivity contribution in [1.29, 1.82) is 0 Å². The number of ether oxygens (including phenoxy) is 1. The molecule has 0 unspecified atom stereocenters. The molecular formula is C28H34N2O9. The average Bonchev–Trinajstić information content (AvgIpc) is 2.84. The lowest BCUT2D eigenvalue weighted by Gasteiger charge is -2.50. The number of benzene rings is 1. The molecule has 1 aromatic carbocycles. The number of aromatic hydroxyl groups is 1. The molecule has 0 bridgehead atoms. The van der Waals surface area contributed by atoms with Crippen LogP contribution >= 0.6 is 0 Å². The van der Waals surface area contributed by atoms with Crippen LogP contribution in [0.15, 0.2) is 29.0 Å². The first kappa shape index (κ1) is 28.3. The van der Waals surface area contributed by atoms with E-state index in [-0.39, 0.29) is 54.5 Å². The zero-order valence-corrected chi connectivity index (χ0v) is 22.4. The van der Waals surface area contributed by atoms with Crippen LogP contribution < -0.4 is 5.73 Å². The lowest BCUT2D eigenvalue weighted by atomic mass is 9.57. The number of carbonyl (C=O) groups is 4. The van der Waals surface area contributed by atoms with Crippen LogP contribution in [0.5, 0.6) is 5.75 Å². The average molecular weight is 543 g/mol. The SMILES string of the molecule is CC(C)COC(=O)CCc1ccc(O)c2c1C[C@@H]1C[C@@H]3[C@@H](N(C)C)C(=O)C(C(N)=O)=C(O)[C@]3(O)C(=O)C1=C2O. The maximum Gasteiger partial charge on any atom is 0.306 e. The van der Waals surface area contributed by atoms with Crippen molar-refractivity contribution >= 4 is 29.2 Å². The highest BCUT2D eigenvalue weighted by Crippen LogP contribution is 2.53. The molecule has 0 aliphatic heterocycles. The minimum Gasteiger partial charge on any atom is -0.508 e. The molecular weight excluding hydrogens is 508 g/mol. The molecule has 0 aromatic heterocycles. The Balaban J connectivity index is 1.79. The third kappa shape index (κ3) is 4.49. The summed E-state index contributed by atoms with van der Waals surface area (Å²) in [5.74, 6) is -7.18. The smallest absolute Gasteiger partial charge is 0.306 e. The first-order valence-corrected chi connectivity index (χ1v) is 12.9. The van der Waals surface area contributed by atoms with Crippen molar-refractivity contribution in [3.05, 3.63) is 45.7 Å². The Bertz CT molecular complexity index is 1330. The molecule has 1 aromatic rings. The Hall–Kier alpha value is -3.70. The lowest BCUT2D eigenvalue weighted by Crippen LogP contribution is -2.65. The van der Waals surface area contributed by atoms with E-state index in [1.165, 1.54) is 11.0 Å². The molecule has 4 atom stereocenters. The van der Waals surface area contributed by atoms with Gasteiger partial charge in [-0.2, -0.15) is 0 Å². The fourth-order valence-corrected chi connectivity index (χ4v) is 6.11. The first-order chi connectivity index (χ1) is 18.2. The third-order valence-corrected chi connectivity index (χ3v) is 7.88. The summed E-state index contributed by atoms with van der Waals surface area (Å²) in [5, 5.41) is 44.4. The van der Waals surface area contributed by atoms with Gasteiger partial charge in [0.05, 0.1) is 18.2 Å². The molecule has 0 spiro atoms. The largest absolute Gasteiger partial charge is 0.508 e. The molecule has 6 N–H and O–H groups in total. The summed E-state index contributed by atoms with van der Waals surface area (Å²) in [7, 11) is 3.09. The van der Waals surface area contributed by atoms with E-state index in [0.29, 0.717) is 17.7 Å². The highest BCUT2D eigenvalue weighted by molar-refractivity contribution is 6.24. The second-order valence-electron chi connectivity index (χ2n) is 11.1. The number of aryl methyl sites for hydroxylation is 1. The number of esters is 1. The van der Waals surface area contributed by atoms with Crippen LogP contribution in [0.25, 0.3) is 5.76 Å². The zero-order chi connectivity index (χ0) is 29.0. The number of Topliss-reactive ketones (excluding diaryl/α,β-unsaturated/α-hetero) is 2. The summed E-state index contributed by atoms with van der Waals surface area (Å²) in [4.78, 5) is 52.7. The van der Waals surface area contributed by atoms with Gasteiger partial charge in [0.15, 0.2) is 11.4 Å². The number of carbonyl (C=O) groups excluding carboxylic acids is 4. The number of aliphatic hydroxyl groups is 3. The monoisotopic (exact) mass is 542 g/mol. The van der Waals surface area contributed by atoms with Crippen LogP contribution in [-0.4, -0.2) is 81.1 Å². The highest BCUT2D eigenvalue weighted by Gasteiger charge is 2.64. The van der Waals surface area contributed by atoms with E-state index < -0.39 is 58.0 Å². The predicted octanol–water partition coefficient (Wildman–Crippen LogP) is 1.10. The summed E-state index contributed by atoms with van der Waals surface area (Å²) in [6.45, 7) is 4.14. The number of phenolic OH excluding ortho intramolecular Hbond substituents is 1. The van der Waals surface area contributed by atoms with Crippen molar-refractivity contribution in [3.63, 3.8) is 0 Å². The molecule has 4 rings (SSSR count). The summed E-state index contributed by atoms with van der Waals surface area (Å²) < 4.78 is 5.25. The molecule has 11 heteroatoms. The van der Waals surface area contributed by atoms with E-state index in [9.17, 15) is 39.6 Å². The van der Waals surface area contributed by atoms with Gasteiger partial charge in [0.2, 0.25) is 5.78 Å². The molecule has 1 fully saturated rings. The number of hydrogen-bond donors (Lipinski definition) is 5. The molecule has 3 aliphatic carbocycles. The molecule has 1 amide bonds. The van der Waals surface area contributed by atoms with E-state index in [1.807, 2.05) is 13.8 Å². The van der Waals surface area contributed by atoms with E-state index in [0.717, 1.165) is 0 Å². The Morgan fingerprint density at radius 1 is 1.18 bits per heavy atom. The van der Waals surface area contributed by atoms with Gasteiger partial charge in [-0.1, -0.05) is 19.9 Å². The van der Waals surface area contributed by atoms with Crippen molar-refractivity contribution in [2.24, 2.45) is 23.5 Å². The number of rotatable bonds is 7. The van der Waals surface area contributed by atoms with Gasteiger partial charge in [0, 0.05) is 17.9 Å². The standard InChI is InChI=1S/C28H34N2O9/c1-12(2)11-39-18(32)8-6-13-5-7-17(31)20-15(13)9-14-10-16-22(30(3)4)24(34)21(27(29)37)26(36)28(16,38)25(35)19(14)23(20)33/h5,7,12,14,16,22,31,33,36,38H,6,8-11H2,1-4H3,(H2,29,37)/t14-,16-,22-,28-/m1/s1. The summed E-state index contributed by atoms with van der Waals surface area (Å²) in [5.41, 5.74) is 2.79. The van der Waals surface area contributed by atoms with Crippen LogP contribution in [0, 0.1) is 17.8 Å². The maximum atomic E-state index is 13.8. The summed E-state index contributed by atoms with van der Waals surface area (Å²) >= 11 is 0. The molecule has 0 radical (unpaired) electrons. The normalized spacial score (nSPS) is 26.5. The fourth-order valence-electron chi connectivity index (χ4n) is 6.11. The predicted molar refractivity (Wildman–Crippen MR) is 138 cm³/mol. The summed E-state index contributed by atoms with van der Waals surface area (Å²) in [6, 6.07) is 1.84. The fraction of sp³-hybridized carbons (Fsp3) is 0.500. The van der Waals surface area contributed by atoms with Crippen LogP contribution in [0.2, 0.25) is 0 Å². The summed E-state index contributed by atoms with van der Waals surface area (Å²) in [6.07, 6.45) is 0.496. The van der Waals surface area contributed by atoms with Crippen LogP contribution in [0.3, 0.4) is 0 Å². The van der Waals surface area contributed by atoms with Crippen molar-refractivity contribution in [2.75, 3.05) is 20.7 Å². The second-order valence-corrected chi connectivity index (χ2v) is 11.1. The number of nitrogens with two attached hydrogens (primary N) is 1. The molecule has 210 valence electrons. The molecule has 3 aliphatic rings. The Morgan fingerprint density at radius 2 is 1.85 bits per heavy atom. The van der Waals surface area contributed by atoms with Gasteiger partial charge in [0.1, 0.15) is 22.8 Å². The zero-order valence-electron chi connectivity index (χ0n) is 22.4. The van der Waals surface area contributed by atoms with Gasteiger partial charge in [0.25, 0.3) is 5.91 Å². The number of amides is 1. The molecule has 1 saturated carbocycles. The second kappa shape index (κ2) is 10.1. The first-order valence-electron chi connectivity index (χ1n) is 12.9. The van der Waals surface area contributed by atoms with E-state index in [1.54, 1.807) is 20.2 Å². The van der Waals surface area contributed by atoms with Gasteiger partial charge < -0.3 is 30.9 Å². The number of fused-ring (bicyclic) bond motifs is 3. The van der Waals surface area contributed by atoms with E-state index >= 15 is 0 Å². The van der Waals surface area contributed by atoms with Crippen molar-refractivity contribution in [3.8, 4) is 5.75 Å². The van der Waals surface area contributed by atoms with Gasteiger partial charge in [-0.15, -0.1) is 0 Å². The van der Waals surface area contributed by atoms with Gasteiger partial charge in [-0.3, -0.25) is 24.1 Å². The molecule has 0 heterocycles. The third-order valence-electron chi connectivity index (χ3n) is 7.88. The molecule has 0 saturated heterocycles. The minimum absolute atomic E-state index is 0.000614. The number of hydrogen-bond acceptors (Lipinski definition) is 10. The molecule has 11 nitrogen and oxygen atoms in total. The van der Waals surface area contributed by atoms with Gasteiger partial charge in [-0.05, 0) is 62.4 Å². The van der Waals surface area contributed by atoms with E-state index in [2.05, 4.69) is 0 Å². The Labute approximate surface area is 225 Å².